The maximum atomic E-state index is 6.00. The van der Waals surface area contributed by atoms with Crippen molar-refractivity contribution in [3.05, 3.63) is 23.0 Å². The Morgan fingerprint density at radius 3 is 3.17 bits per heavy atom. The van der Waals surface area contributed by atoms with Crippen molar-refractivity contribution in [1.82, 2.24) is 10.3 Å². The third-order valence-electron chi connectivity index (χ3n) is 4.28. The first-order chi connectivity index (χ1) is 8.74. The second kappa shape index (κ2) is 5.06. The quantitative estimate of drug-likeness (QED) is 0.792. The summed E-state index contributed by atoms with van der Waals surface area (Å²) in [5.41, 5.74) is 2.28. The molecule has 1 aromatic heterocycles. The predicted octanol–water partition coefficient (Wildman–Crippen LogP) is 2.62. The summed E-state index contributed by atoms with van der Waals surface area (Å²) in [5, 5.41) is 4.25. The number of halogens is 1. The topological polar surface area (TPSA) is 28.2 Å². The van der Waals surface area contributed by atoms with Gasteiger partial charge in [-0.15, -0.1) is 0 Å². The minimum atomic E-state index is 0.616. The second-order valence-electron chi connectivity index (χ2n) is 5.50. The fraction of sp³-hybridized carbons (Fsp3) is 0.643. The maximum absolute atomic E-state index is 6.00. The van der Waals surface area contributed by atoms with E-state index in [2.05, 4.69) is 21.3 Å². The van der Waals surface area contributed by atoms with Crippen LogP contribution < -0.4 is 10.2 Å². The van der Waals surface area contributed by atoms with E-state index >= 15 is 0 Å². The van der Waals surface area contributed by atoms with E-state index in [1.54, 1.807) is 0 Å². The average molecular weight is 266 g/mol. The van der Waals surface area contributed by atoms with E-state index in [1.807, 2.05) is 13.1 Å². The number of hydrogen-bond donors (Lipinski definition) is 1. The molecule has 0 radical (unpaired) electrons. The van der Waals surface area contributed by atoms with Gasteiger partial charge in [0, 0.05) is 19.1 Å². The molecule has 0 aliphatic carbocycles. The van der Waals surface area contributed by atoms with E-state index < -0.39 is 0 Å². The van der Waals surface area contributed by atoms with Crippen molar-refractivity contribution in [3.63, 3.8) is 0 Å². The highest BCUT2D eigenvalue weighted by Gasteiger charge is 2.30. The Labute approximate surface area is 114 Å². The van der Waals surface area contributed by atoms with Crippen molar-refractivity contribution >= 4 is 17.3 Å². The van der Waals surface area contributed by atoms with Gasteiger partial charge in [0.05, 0.1) is 11.9 Å². The highest BCUT2D eigenvalue weighted by atomic mass is 35.5. The van der Waals surface area contributed by atoms with Crippen molar-refractivity contribution in [2.45, 2.75) is 32.2 Å². The molecule has 18 heavy (non-hydrogen) atoms. The number of anilines is 1. The summed E-state index contributed by atoms with van der Waals surface area (Å²) < 4.78 is 0. The van der Waals surface area contributed by atoms with Crippen molar-refractivity contribution in [1.29, 1.82) is 0 Å². The van der Waals surface area contributed by atoms with Crippen LogP contribution in [-0.4, -0.2) is 30.7 Å². The summed E-state index contributed by atoms with van der Waals surface area (Å²) in [4.78, 5) is 6.73. The van der Waals surface area contributed by atoms with Gasteiger partial charge in [0.1, 0.15) is 5.15 Å². The molecule has 2 atom stereocenters. The third-order valence-corrected chi connectivity index (χ3v) is 4.67. The molecule has 0 spiro atoms. The van der Waals surface area contributed by atoms with Crippen LogP contribution in [0.15, 0.2) is 12.3 Å². The fourth-order valence-electron chi connectivity index (χ4n) is 3.20. The summed E-state index contributed by atoms with van der Waals surface area (Å²) in [6.45, 7) is 5.44. The van der Waals surface area contributed by atoms with Gasteiger partial charge in [0.2, 0.25) is 0 Å². The van der Waals surface area contributed by atoms with Gasteiger partial charge < -0.3 is 10.2 Å². The van der Waals surface area contributed by atoms with Gasteiger partial charge in [-0.25, -0.2) is 4.98 Å². The Hall–Kier alpha value is -0.800. The average Bonchev–Trinajstić information content (AvgIpc) is 2.70. The molecule has 0 unspecified atom stereocenters. The number of nitrogens with zero attached hydrogens (tertiary/aromatic N) is 2. The largest absolute Gasteiger partial charge is 0.369 e. The van der Waals surface area contributed by atoms with E-state index in [0.29, 0.717) is 11.2 Å². The number of aromatic nitrogens is 1. The number of aryl methyl sites for hydroxylation is 1. The molecule has 2 aliphatic rings. The molecule has 2 aliphatic heterocycles. The Bertz CT molecular complexity index is 435. The lowest BCUT2D eigenvalue weighted by Gasteiger charge is -2.26. The predicted molar refractivity (Wildman–Crippen MR) is 75.3 cm³/mol. The van der Waals surface area contributed by atoms with Gasteiger partial charge in [-0.2, -0.15) is 0 Å². The smallest absolute Gasteiger partial charge is 0.132 e. The molecule has 3 heterocycles. The first kappa shape index (κ1) is 12.2. The summed E-state index contributed by atoms with van der Waals surface area (Å²) in [5.74, 6) is 0.872. The minimum absolute atomic E-state index is 0.616. The standard InChI is InChI=1S/C14H20ClN3/c1-10-7-12(8-17-14(10)15)18-6-2-3-11-4-5-16-13(11)9-18/h7-8,11,13,16H,2-6,9H2,1H3/t11-,13-/m1/s1. The van der Waals surface area contributed by atoms with Crippen LogP contribution in [0.3, 0.4) is 0 Å². The van der Waals surface area contributed by atoms with Crippen LogP contribution in [-0.2, 0) is 0 Å². The number of hydrogen-bond acceptors (Lipinski definition) is 3. The van der Waals surface area contributed by atoms with Gasteiger partial charge in [-0.05, 0) is 50.3 Å². The molecule has 1 N–H and O–H groups in total. The van der Waals surface area contributed by atoms with Crippen LogP contribution in [0.4, 0.5) is 5.69 Å². The van der Waals surface area contributed by atoms with Crippen LogP contribution in [0.25, 0.3) is 0 Å². The summed E-state index contributed by atoms with van der Waals surface area (Å²) in [6.07, 6.45) is 5.89. The van der Waals surface area contributed by atoms with Crippen LogP contribution in [0.1, 0.15) is 24.8 Å². The van der Waals surface area contributed by atoms with Crippen LogP contribution in [0.2, 0.25) is 5.15 Å². The number of pyridine rings is 1. The maximum Gasteiger partial charge on any atom is 0.132 e. The van der Waals surface area contributed by atoms with Gasteiger partial charge >= 0.3 is 0 Å². The van der Waals surface area contributed by atoms with Crippen molar-refractivity contribution in [3.8, 4) is 0 Å². The number of rotatable bonds is 1. The van der Waals surface area contributed by atoms with Gasteiger partial charge in [0.25, 0.3) is 0 Å². The van der Waals surface area contributed by atoms with Crippen LogP contribution in [0, 0.1) is 12.8 Å². The highest BCUT2D eigenvalue weighted by molar-refractivity contribution is 6.30. The molecule has 2 saturated heterocycles. The molecule has 0 bridgehead atoms. The van der Waals surface area contributed by atoms with Crippen molar-refractivity contribution in [2.75, 3.05) is 24.5 Å². The van der Waals surface area contributed by atoms with Crippen molar-refractivity contribution in [2.24, 2.45) is 5.92 Å². The summed E-state index contributed by atoms with van der Waals surface area (Å²) >= 11 is 6.00. The molecule has 98 valence electrons. The normalized spacial score (nSPS) is 28.0. The molecule has 3 nitrogen and oxygen atoms in total. The third kappa shape index (κ3) is 2.34. The lowest BCUT2D eigenvalue weighted by molar-refractivity contribution is 0.445. The zero-order valence-corrected chi connectivity index (χ0v) is 11.6. The minimum Gasteiger partial charge on any atom is -0.369 e. The molecule has 0 saturated carbocycles. The molecule has 0 amide bonds. The van der Waals surface area contributed by atoms with Crippen LogP contribution in [0.5, 0.6) is 0 Å². The van der Waals surface area contributed by atoms with Crippen molar-refractivity contribution < 1.29 is 0 Å². The zero-order valence-electron chi connectivity index (χ0n) is 10.8. The Morgan fingerprint density at radius 2 is 2.33 bits per heavy atom. The molecular formula is C14H20ClN3. The molecule has 2 fully saturated rings. The number of fused-ring (bicyclic) bond motifs is 1. The van der Waals surface area contributed by atoms with E-state index in [-0.39, 0.29) is 0 Å². The Kier molecular flexibility index (Phi) is 3.44. The number of nitrogens with one attached hydrogen (secondary N) is 1. The first-order valence-electron chi connectivity index (χ1n) is 6.84. The fourth-order valence-corrected chi connectivity index (χ4v) is 3.31. The Morgan fingerprint density at radius 1 is 1.44 bits per heavy atom. The molecule has 1 aromatic rings. The summed E-state index contributed by atoms with van der Waals surface area (Å²) in [6, 6.07) is 2.81. The van der Waals surface area contributed by atoms with Gasteiger partial charge in [-0.3, -0.25) is 0 Å². The van der Waals surface area contributed by atoms with Gasteiger partial charge in [0.15, 0.2) is 0 Å². The van der Waals surface area contributed by atoms with E-state index in [0.717, 1.165) is 24.6 Å². The second-order valence-corrected chi connectivity index (χ2v) is 5.86. The Balaban J connectivity index is 1.80. The molecule has 0 aromatic carbocycles. The van der Waals surface area contributed by atoms with E-state index in [4.69, 9.17) is 11.6 Å². The molecule has 4 heteroatoms. The SMILES string of the molecule is Cc1cc(N2CCC[C@@H]3CCN[C@@H]3C2)cnc1Cl. The summed E-state index contributed by atoms with van der Waals surface area (Å²) in [7, 11) is 0. The lowest BCUT2D eigenvalue weighted by atomic mass is 9.97. The monoisotopic (exact) mass is 265 g/mol. The first-order valence-corrected chi connectivity index (χ1v) is 7.22. The van der Waals surface area contributed by atoms with Gasteiger partial charge in [-0.1, -0.05) is 11.6 Å². The molecular weight excluding hydrogens is 246 g/mol. The van der Waals surface area contributed by atoms with Crippen LogP contribution >= 0.6 is 11.6 Å². The zero-order chi connectivity index (χ0) is 12.5. The molecule has 3 rings (SSSR count). The van der Waals surface area contributed by atoms with E-state index in [9.17, 15) is 0 Å². The highest BCUT2D eigenvalue weighted by Crippen LogP contribution is 2.28. The lowest BCUT2D eigenvalue weighted by Crippen LogP contribution is -2.38. The van der Waals surface area contributed by atoms with E-state index in [1.165, 1.54) is 31.5 Å².